The molecule has 1 aliphatic rings. The standard InChI is InChI=1S/C28H33ClFN3O3/c1-36-21-5-6-25-22(18-21)26(23(29)19-32-25)24(30)7-10-28(27(34)35)11-16-33(17-12-28)15-3-2-4-20-8-13-31-14-9-20/h5-6,8-9,13-14,18-19,24H,2-4,7,10-12,15-17H2,1H3,(H,34,35)/t24-/m1/s1. The zero-order valence-electron chi connectivity index (χ0n) is 20.6. The maximum absolute atomic E-state index is 15.6. The number of alkyl halides is 1. The molecule has 0 radical (unpaired) electrons. The molecule has 1 aromatic carbocycles. The van der Waals surface area contributed by atoms with Gasteiger partial charge in [-0.05, 0) is 100 Å². The largest absolute Gasteiger partial charge is 0.497 e. The summed E-state index contributed by atoms with van der Waals surface area (Å²) in [5.74, 6) is -0.241. The van der Waals surface area contributed by atoms with Gasteiger partial charge in [-0.2, -0.15) is 0 Å². The summed E-state index contributed by atoms with van der Waals surface area (Å²) in [7, 11) is 1.55. The monoisotopic (exact) mass is 513 g/mol. The normalized spacial score (nSPS) is 16.6. The first kappa shape index (κ1) is 26.3. The molecule has 3 heterocycles. The Morgan fingerprint density at radius 1 is 1.22 bits per heavy atom. The van der Waals surface area contributed by atoms with Crippen LogP contribution in [0.4, 0.5) is 4.39 Å². The van der Waals surface area contributed by atoms with Crippen molar-refractivity contribution in [2.75, 3.05) is 26.7 Å². The molecule has 4 rings (SSSR count). The first-order valence-corrected chi connectivity index (χ1v) is 12.9. The number of carbonyl (C=O) groups is 1. The predicted octanol–water partition coefficient (Wildman–Crippen LogP) is 6.27. The van der Waals surface area contributed by atoms with Crippen molar-refractivity contribution in [1.82, 2.24) is 14.9 Å². The summed E-state index contributed by atoms with van der Waals surface area (Å²) < 4.78 is 20.9. The van der Waals surface area contributed by atoms with Crippen molar-refractivity contribution in [3.05, 3.63) is 65.1 Å². The highest BCUT2D eigenvalue weighted by Gasteiger charge is 2.41. The van der Waals surface area contributed by atoms with Gasteiger partial charge in [-0.15, -0.1) is 0 Å². The van der Waals surface area contributed by atoms with Gasteiger partial charge in [-0.1, -0.05) is 11.6 Å². The lowest BCUT2D eigenvalue weighted by atomic mass is 9.74. The van der Waals surface area contributed by atoms with E-state index < -0.39 is 17.6 Å². The smallest absolute Gasteiger partial charge is 0.309 e. The molecule has 0 saturated carbocycles. The quantitative estimate of drug-likeness (QED) is 0.304. The number of likely N-dealkylation sites (tertiary alicyclic amines) is 1. The van der Waals surface area contributed by atoms with Crippen LogP contribution in [0.25, 0.3) is 10.9 Å². The van der Waals surface area contributed by atoms with Gasteiger partial charge in [0.2, 0.25) is 0 Å². The molecule has 6 nitrogen and oxygen atoms in total. The predicted molar refractivity (Wildman–Crippen MR) is 139 cm³/mol. The third-order valence-electron chi connectivity index (χ3n) is 7.46. The lowest BCUT2D eigenvalue weighted by Crippen LogP contribution is -2.44. The lowest BCUT2D eigenvalue weighted by molar-refractivity contribution is -0.153. The molecule has 1 atom stereocenters. The average molecular weight is 514 g/mol. The van der Waals surface area contributed by atoms with Crippen LogP contribution < -0.4 is 4.74 Å². The van der Waals surface area contributed by atoms with E-state index in [1.165, 1.54) is 11.8 Å². The second-order valence-corrected chi connectivity index (χ2v) is 10.1. The number of aromatic nitrogens is 2. The van der Waals surface area contributed by atoms with Crippen molar-refractivity contribution in [1.29, 1.82) is 0 Å². The van der Waals surface area contributed by atoms with Crippen molar-refractivity contribution >= 4 is 28.5 Å². The van der Waals surface area contributed by atoms with E-state index in [1.807, 2.05) is 24.5 Å². The number of ether oxygens (including phenoxy) is 1. The molecule has 0 amide bonds. The number of rotatable bonds is 11. The van der Waals surface area contributed by atoms with Crippen molar-refractivity contribution in [3.63, 3.8) is 0 Å². The number of carboxylic acid groups (broad SMARTS) is 1. The Balaban J connectivity index is 1.34. The Bertz CT molecular complexity index is 1170. The Morgan fingerprint density at radius 2 is 1.97 bits per heavy atom. The highest BCUT2D eigenvalue weighted by Crippen LogP contribution is 2.42. The number of halogens is 2. The minimum atomic E-state index is -1.39. The van der Waals surface area contributed by atoms with E-state index >= 15 is 4.39 Å². The summed E-state index contributed by atoms with van der Waals surface area (Å²) >= 11 is 6.36. The molecular formula is C28H33ClFN3O3. The number of aryl methyl sites for hydroxylation is 1. The molecule has 0 bridgehead atoms. The number of piperidine rings is 1. The fraction of sp³-hybridized carbons (Fsp3) is 0.464. The zero-order chi connectivity index (χ0) is 25.5. The van der Waals surface area contributed by atoms with Gasteiger partial charge < -0.3 is 14.7 Å². The SMILES string of the molecule is COc1ccc2ncc(Cl)c([C@H](F)CCC3(C(=O)O)CCN(CCCCc4ccncc4)CC3)c2c1. The summed E-state index contributed by atoms with van der Waals surface area (Å²) in [5.41, 5.74) is 1.36. The van der Waals surface area contributed by atoms with Crippen LogP contribution in [-0.4, -0.2) is 52.7 Å². The molecule has 3 aromatic rings. The Labute approximate surface area is 216 Å². The number of methoxy groups -OCH3 is 1. The van der Waals surface area contributed by atoms with Crippen LogP contribution in [0.5, 0.6) is 5.75 Å². The summed E-state index contributed by atoms with van der Waals surface area (Å²) in [4.78, 5) is 23.0. The molecule has 36 heavy (non-hydrogen) atoms. The van der Waals surface area contributed by atoms with Crippen molar-refractivity contribution in [2.45, 2.75) is 51.1 Å². The molecule has 8 heteroatoms. The first-order valence-electron chi connectivity index (χ1n) is 12.5. The number of unbranched alkanes of at least 4 members (excludes halogenated alkanes) is 1. The maximum Gasteiger partial charge on any atom is 0.309 e. The number of pyridine rings is 2. The zero-order valence-corrected chi connectivity index (χ0v) is 21.4. The van der Waals surface area contributed by atoms with Gasteiger partial charge in [-0.3, -0.25) is 14.8 Å². The minimum absolute atomic E-state index is 0.0915. The molecule has 192 valence electrons. The molecule has 0 unspecified atom stereocenters. The summed E-state index contributed by atoms with van der Waals surface area (Å²) in [6.07, 6.45) is 8.27. The van der Waals surface area contributed by atoms with E-state index in [0.717, 1.165) is 25.8 Å². The summed E-state index contributed by atoms with van der Waals surface area (Å²) in [6, 6.07) is 9.35. The van der Waals surface area contributed by atoms with E-state index in [-0.39, 0.29) is 17.9 Å². The number of fused-ring (bicyclic) bond motifs is 1. The Morgan fingerprint density at radius 3 is 2.67 bits per heavy atom. The fourth-order valence-electron chi connectivity index (χ4n) is 5.15. The van der Waals surface area contributed by atoms with Crippen molar-refractivity contribution in [3.8, 4) is 5.75 Å². The van der Waals surface area contributed by atoms with Gasteiger partial charge in [0.1, 0.15) is 11.9 Å². The number of aliphatic carboxylic acids is 1. The van der Waals surface area contributed by atoms with Crippen LogP contribution in [0.2, 0.25) is 5.02 Å². The van der Waals surface area contributed by atoms with Crippen molar-refractivity contribution in [2.24, 2.45) is 5.41 Å². The maximum atomic E-state index is 15.6. The average Bonchev–Trinajstić information content (AvgIpc) is 2.90. The topological polar surface area (TPSA) is 75.6 Å². The highest BCUT2D eigenvalue weighted by molar-refractivity contribution is 6.32. The lowest BCUT2D eigenvalue weighted by Gasteiger charge is -2.39. The third-order valence-corrected chi connectivity index (χ3v) is 7.76. The van der Waals surface area contributed by atoms with Gasteiger partial charge in [0.05, 0.1) is 23.1 Å². The molecule has 0 spiro atoms. The minimum Gasteiger partial charge on any atom is -0.497 e. The van der Waals surface area contributed by atoms with E-state index in [0.29, 0.717) is 48.1 Å². The molecule has 0 aliphatic carbocycles. The van der Waals surface area contributed by atoms with Gasteiger partial charge in [0.25, 0.3) is 0 Å². The number of hydrogen-bond acceptors (Lipinski definition) is 5. The van der Waals surface area contributed by atoms with Gasteiger partial charge in [0.15, 0.2) is 0 Å². The van der Waals surface area contributed by atoms with Gasteiger partial charge in [0, 0.05) is 29.5 Å². The Kier molecular flexibility index (Phi) is 8.75. The van der Waals surface area contributed by atoms with E-state index in [2.05, 4.69) is 14.9 Å². The van der Waals surface area contributed by atoms with Crippen LogP contribution >= 0.6 is 11.6 Å². The number of carboxylic acids is 1. The third kappa shape index (κ3) is 6.13. The van der Waals surface area contributed by atoms with Crippen LogP contribution in [0, 0.1) is 5.41 Å². The van der Waals surface area contributed by atoms with E-state index in [4.69, 9.17) is 16.3 Å². The highest BCUT2D eigenvalue weighted by atomic mass is 35.5. The first-order chi connectivity index (χ1) is 17.4. The number of hydrogen-bond donors (Lipinski definition) is 1. The van der Waals surface area contributed by atoms with Crippen LogP contribution in [0.3, 0.4) is 0 Å². The van der Waals surface area contributed by atoms with Crippen LogP contribution in [0.1, 0.15) is 55.8 Å². The Hall–Kier alpha value is -2.77. The second kappa shape index (κ2) is 12.0. The summed E-state index contributed by atoms with van der Waals surface area (Å²) in [5, 5.41) is 10.9. The van der Waals surface area contributed by atoms with Gasteiger partial charge in [-0.25, -0.2) is 4.39 Å². The van der Waals surface area contributed by atoms with E-state index in [1.54, 1.807) is 25.3 Å². The van der Waals surface area contributed by atoms with Crippen LogP contribution in [-0.2, 0) is 11.2 Å². The second-order valence-electron chi connectivity index (χ2n) is 9.65. The van der Waals surface area contributed by atoms with E-state index in [9.17, 15) is 9.90 Å². The molecule has 1 N–H and O–H groups in total. The number of nitrogens with zero attached hydrogens (tertiary/aromatic N) is 3. The molecule has 1 aliphatic heterocycles. The van der Waals surface area contributed by atoms with Gasteiger partial charge >= 0.3 is 5.97 Å². The van der Waals surface area contributed by atoms with Crippen LogP contribution in [0.15, 0.2) is 48.9 Å². The summed E-state index contributed by atoms with van der Waals surface area (Å²) in [6.45, 7) is 2.39. The van der Waals surface area contributed by atoms with Crippen molar-refractivity contribution < 1.29 is 19.0 Å². The molecule has 2 aromatic heterocycles. The number of benzene rings is 1. The molecule has 1 saturated heterocycles. The molecular weight excluding hydrogens is 481 g/mol. The molecule has 1 fully saturated rings. The fourth-order valence-corrected chi connectivity index (χ4v) is 5.42.